The van der Waals surface area contributed by atoms with E-state index in [-0.39, 0.29) is 0 Å². The first-order chi connectivity index (χ1) is 10.8. The molecule has 2 atom stereocenters. The Morgan fingerprint density at radius 3 is 2.77 bits per heavy atom. The number of hydrogen-bond acceptors (Lipinski definition) is 5. The largest absolute Gasteiger partial charge is 0.368 e. The Balaban J connectivity index is 1.60. The predicted octanol–water partition coefficient (Wildman–Crippen LogP) is 1.76. The van der Waals surface area contributed by atoms with Crippen molar-refractivity contribution in [3.8, 4) is 0 Å². The van der Waals surface area contributed by atoms with Crippen LogP contribution in [-0.2, 0) is 11.8 Å². The molecule has 5 nitrogen and oxygen atoms in total. The lowest BCUT2D eigenvalue weighted by atomic mass is 9.71. The van der Waals surface area contributed by atoms with Crippen LogP contribution in [0.2, 0.25) is 0 Å². The molecule has 1 spiro atoms. The predicted molar refractivity (Wildman–Crippen MR) is 87.1 cm³/mol. The van der Waals surface area contributed by atoms with Gasteiger partial charge in [0, 0.05) is 29.6 Å². The molecule has 0 aromatic carbocycles. The smallest absolute Gasteiger partial charge is 0.222 e. The second-order valence-electron chi connectivity index (χ2n) is 7.64. The molecule has 5 heteroatoms. The molecule has 0 amide bonds. The number of nitrogens with zero attached hydrogens (tertiary/aromatic N) is 3. The summed E-state index contributed by atoms with van der Waals surface area (Å²) in [6.45, 7) is 2.22. The summed E-state index contributed by atoms with van der Waals surface area (Å²) in [5.74, 6) is 1.65. The van der Waals surface area contributed by atoms with E-state index in [1.807, 2.05) is 0 Å². The molecule has 2 aliphatic heterocycles. The lowest BCUT2D eigenvalue weighted by molar-refractivity contribution is 0.351. The maximum absolute atomic E-state index is 6.12. The number of fused-ring (bicyclic) bond motifs is 3. The molecule has 22 heavy (non-hydrogen) atoms. The lowest BCUT2D eigenvalue weighted by Crippen LogP contribution is -2.61. The van der Waals surface area contributed by atoms with E-state index in [4.69, 9.17) is 10.7 Å². The highest BCUT2D eigenvalue weighted by Crippen LogP contribution is 2.50. The molecule has 2 unspecified atom stereocenters. The topological polar surface area (TPSA) is 67.1 Å². The molecule has 2 saturated heterocycles. The zero-order valence-corrected chi connectivity index (χ0v) is 13.1. The molecule has 1 aromatic heterocycles. The molecule has 118 valence electrons. The van der Waals surface area contributed by atoms with Crippen molar-refractivity contribution in [2.45, 2.75) is 68.9 Å². The number of anilines is 2. The van der Waals surface area contributed by atoms with E-state index >= 15 is 0 Å². The third-order valence-corrected chi connectivity index (χ3v) is 6.52. The average molecular weight is 299 g/mol. The first-order valence-electron chi connectivity index (χ1n) is 8.94. The minimum absolute atomic E-state index is 0.317. The summed E-state index contributed by atoms with van der Waals surface area (Å²) < 4.78 is 0. The maximum atomic E-state index is 6.12. The van der Waals surface area contributed by atoms with Crippen molar-refractivity contribution in [2.75, 3.05) is 23.7 Å². The van der Waals surface area contributed by atoms with Crippen molar-refractivity contribution < 1.29 is 0 Å². The number of aromatic nitrogens is 2. The van der Waals surface area contributed by atoms with Gasteiger partial charge in [0.1, 0.15) is 5.82 Å². The van der Waals surface area contributed by atoms with Crippen LogP contribution in [0.15, 0.2) is 0 Å². The maximum Gasteiger partial charge on any atom is 0.222 e. The SMILES string of the molecule is Nc1nc(N2CC3NCCC32)c2c(n1)C1(CCCC1)CCC2. The van der Waals surface area contributed by atoms with Crippen LogP contribution in [0.1, 0.15) is 56.2 Å². The molecular weight excluding hydrogens is 274 g/mol. The van der Waals surface area contributed by atoms with Crippen molar-refractivity contribution in [1.82, 2.24) is 15.3 Å². The number of nitrogens with one attached hydrogen (secondary N) is 1. The molecule has 5 rings (SSSR count). The Labute approximate surface area is 131 Å². The molecule has 2 aliphatic carbocycles. The monoisotopic (exact) mass is 299 g/mol. The van der Waals surface area contributed by atoms with Gasteiger partial charge in [0.15, 0.2) is 0 Å². The van der Waals surface area contributed by atoms with Gasteiger partial charge < -0.3 is 16.0 Å². The van der Waals surface area contributed by atoms with Gasteiger partial charge in [-0.05, 0) is 45.1 Å². The van der Waals surface area contributed by atoms with E-state index in [2.05, 4.69) is 15.2 Å². The van der Waals surface area contributed by atoms with Crippen LogP contribution < -0.4 is 16.0 Å². The van der Waals surface area contributed by atoms with Gasteiger partial charge in [-0.3, -0.25) is 0 Å². The van der Waals surface area contributed by atoms with Crippen molar-refractivity contribution in [3.63, 3.8) is 0 Å². The number of hydrogen-bond donors (Lipinski definition) is 2. The highest BCUT2D eigenvalue weighted by atomic mass is 15.3. The summed E-state index contributed by atoms with van der Waals surface area (Å²) in [6, 6.07) is 1.29. The fourth-order valence-corrected chi connectivity index (χ4v) is 5.42. The van der Waals surface area contributed by atoms with E-state index in [0.29, 0.717) is 23.4 Å². The molecule has 3 N–H and O–H groups in total. The summed E-state index contributed by atoms with van der Waals surface area (Å²) >= 11 is 0. The first-order valence-corrected chi connectivity index (χ1v) is 8.94. The van der Waals surface area contributed by atoms with E-state index in [9.17, 15) is 0 Å². The van der Waals surface area contributed by atoms with Crippen LogP contribution in [0.4, 0.5) is 11.8 Å². The summed E-state index contributed by atoms with van der Waals surface area (Å²) in [6.07, 6.45) is 10.2. The Morgan fingerprint density at radius 2 is 1.95 bits per heavy atom. The Bertz CT molecular complexity index is 607. The number of nitrogen functional groups attached to an aromatic ring is 1. The van der Waals surface area contributed by atoms with E-state index in [0.717, 1.165) is 19.5 Å². The molecule has 3 fully saturated rings. The van der Waals surface area contributed by atoms with E-state index in [1.165, 1.54) is 62.0 Å². The van der Waals surface area contributed by atoms with Gasteiger partial charge in [-0.25, -0.2) is 4.98 Å². The van der Waals surface area contributed by atoms with Crippen LogP contribution in [0.5, 0.6) is 0 Å². The van der Waals surface area contributed by atoms with Crippen LogP contribution in [0.3, 0.4) is 0 Å². The highest BCUT2D eigenvalue weighted by molar-refractivity contribution is 5.58. The van der Waals surface area contributed by atoms with E-state index < -0.39 is 0 Å². The summed E-state index contributed by atoms with van der Waals surface area (Å²) in [4.78, 5) is 11.9. The highest BCUT2D eigenvalue weighted by Gasteiger charge is 2.46. The third kappa shape index (κ3) is 1.69. The van der Waals surface area contributed by atoms with Crippen molar-refractivity contribution in [3.05, 3.63) is 11.3 Å². The fourth-order valence-electron chi connectivity index (χ4n) is 5.42. The number of rotatable bonds is 1. The normalized spacial score (nSPS) is 31.9. The third-order valence-electron chi connectivity index (χ3n) is 6.52. The summed E-state index contributed by atoms with van der Waals surface area (Å²) in [5.41, 5.74) is 9.18. The number of nitrogens with two attached hydrogens (primary N) is 1. The molecule has 0 radical (unpaired) electrons. The van der Waals surface area contributed by atoms with Gasteiger partial charge >= 0.3 is 0 Å². The molecule has 1 aromatic rings. The van der Waals surface area contributed by atoms with Crippen LogP contribution in [-0.4, -0.2) is 35.1 Å². The lowest BCUT2D eigenvalue weighted by Gasteiger charge is -2.47. The Morgan fingerprint density at radius 1 is 1.14 bits per heavy atom. The molecular formula is C17H25N5. The van der Waals surface area contributed by atoms with Gasteiger partial charge in [0.05, 0.1) is 5.69 Å². The standard InChI is InChI=1S/C17H25N5/c18-16-20-14-11(4-3-8-17(14)6-1-2-7-17)15(21-16)22-10-12-13(22)5-9-19-12/h12-13,19H,1-10H2,(H2,18,20,21). The minimum atomic E-state index is 0.317. The van der Waals surface area contributed by atoms with E-state index in [1.54, 1.807) is 0 Å². The first kappa shape index (κ1) is 13.1. The fraction of sp³-hybridized carbons (Fsp3) is 0.765. The molecule has 0 bridgehead atoms. The zero-order chi connectivity index (χ0) is 14.7. The second-order valence-corrected chi connectivity index (χ2v) is 7.64. The van der Waals surface area contributed by atoms with Gasteiger partial charge in [-0.2, -0.15) is 4.98 Å². The second kappa shape index (κ2) is 4.57. The van der Waals surface area contributed by atoms with Crippen molar-refractivity contribution >= 4 is 11.8 Å². The quantitative estimate of drug-likeness (QED) is 0.827. The van der Waals surface area contributed by atoms with Gasteiger partial charge in [-0.15, -0.1) is 0 Å². The van der Waals surface area contributed by atoms with Gasteiger partial charge in [-0.1, -0.05) is 12.8 Å². The van der Waals surface area contributed by atoms with Crippen LogP contribution in [0, 0.1) is 0 Å². The van der Waals surface area contributed by atoms with Crippen LogP contribution >= 0.6 is 0 Å². The molecule has 4 aliphatic rings. The molecule has 1 saturated carbocycles. The summed E-state index contributed by atoms with van der Waals surface area (Å²) in [5, 5.41) is 3.58. The van der Waals surface area contributed by atoms with Gasteiger partial charge in [0.25, 0.3) is 0 Å². The Kier molecular flexibility index (Phi) is 2.72. The van der Waals surface area contributed by atoms with Crippen LogP contribution in [0.25, 0.3) is 0 Å². The Hall–Kier alpha value is -1.36. The van der Waals surface area contributed by atoms with Crippen molar-refractivity contribution in [2.24, 2.45) is 0 Å². The molecule has 3 heterocycles. The zero-order valence-electron chi connectivity index (χ0n) is 13.1. The average Bonchev–Trinajstić information content (AvgIpc) is 3.09. The van der Waals surface area contributed by atoms with Crippen molar-refractivity contribution in [1.29, 1.82) is 0 Å². The summed E-state index contributed by atoms with van der Waals surface area (Å²) in [7, 11) is 0. The minimum Gasteiger partial charge on any atom is -0.368 e. The van der Waals surface area contributed by atoms with Gasteiger partial charge in [0.2, 0.25) is 5.95 Å².